The van der Waals surface area contributed by atoms with Gasteiger partial charge in [-0.05, 0) is 19.9 Å². The van der Waals surface area contributed by atoms with Crippen LogP contribution in [0.1, 0.15) is 35.2 Å². The number of hydrogen-bond acceptors (Lipinski definition) is 5. The molecule has 0 radical (unpaired) electrons. The molecule has 0 amide bonds. The highest BCUT2D eigenvalue weighted by atomic mass is 16.5. The van der Waals surface area contributed by atoms with Crippen LogP contribution in [-0.2, 0) is 11.3 Å². The van der Waals surface area contributed by atoms with Crippen LogP contribution in [0.5, 0.6) is 0 Å². The van der Waals surface area contributed by atoms with Crippen molar-refractivity contribution >= 4 is 5.97 Å². The van der Waals surface area contributed by atoms with E-state index in [1.165, 1.54) is 6.07 Å². The smallest absolute Gasteiger partial charge is 0.371 e. The number of nitrogens with one attached hydrogen (secondary N) is 1. The fourth-order valence-electron chi connectivity index (χ4n) is 1.68. The van der Waals surface area contributed by atoms with Gasteiger partial charge in [0.15, 0.2) is 0 Å². The Balaban J connectivity index is 2.46. The number of rotatable bonds is 8. The van der Waals surface area contributed by atoms with Crippen molar-refractivity contribution in [1.29, 1.82) is 0 Å². The molecule has 0 saturated heterocycles. The first-order chi connectivity index (χ1) is 8.85. The molecular formula is C13H21NO5. The van der Waals surface area contributed by atoms with Crippen LogP contribution in [0.2, 0.25) is 0 Å². The summed E-state index contributed by atoms with van der Waals surface area (Å²) >= 11 is 0. The van der Waals surface area contributed by atoms with E-state index in [2.05, 4.69) is 5.32 Å². The van der Waals surface area contributed by atoms with Gasteiger partial charge in [0.2, 0.25) is 5.76 Å². The molecule has 1 unspecified atom stereocenters. The second-order valence-corrected chi connectivity index (χ2v) is 4.84. The quantitative estimate of drug-likeness (QED) is 0.657. The number of carboxylic acid groups (broad SMARTS) is 1. The van der Waals surface area contributed by atoms with E-state index < -0.39 is 11.6 Å². The van der Waals surface area contributed by atoms with Crippen molar-refractivity contribution in [2.75, 3.05) is 20.3 Å². The molecule has 0 bridgehead atoms. The lowest BCUT2D eigenvalue weighted by atomic mass is 10.0. The standard InChI is InChI=1S/C13H21NO5/c1-9-10(6-11(19-9)12(15)16)7-14-8-13(2,17)4-5-18-3/h6,14,17H,4-5,7-8H2,1-3H3,(H,15,16). The fourth-order valence-corrected chi connectivity index (χ4v) is 1.68. The largest absolute Gasteiger partial charge is 0.475 e. The van der Waals surface area contributed by atoms with E-state index in [0.29, 0.717) is 31.9 Å². The Labute approximate surface area is 112 Å². The fraction of sp³-hybridized carbons (Fsp3) is 0.615. The van der Waals surface area contributed by atoms with E-state index in [1.54, 1.807) is 21.0 Å². The topological polar surface area (TPSA) is 91.9 Å². The summed E-state index contributed by atoms with van der Waals surface area (Å²) in [6, 6.07) is 1.49. The molecule has 6 nitrogen and oxygen atoms in total. The summed E-state index contributed by atoms with van der Waals surface area (Å²) in [4.78, 5) is 10.7. The summed E-state index contributed by atoms with van der Waals surface area (Å²) in [5, 5.41) is 21.9. The number of aliphatic hydroxyl groups is 1. The van der Waals surface area contributed by atoms with Crippen molar-refractivity contribution < 1.29 is 24.2 Å². The lowest BCUT2D eigenvalue weighted by molar-refractivity contribution is 0.0247. The van der Waals surface area contributed by atoms with Gasteiger partial charge in [0.05, 0.1) is 5.60 Å². The van der Waals surface area contributed by atoms with Gasteiger partial charge in [-0.25, -0.2) is 4.79 Å². The predicted octanol–water partition coefficient (Wildman–Crippen LogP) is 1.16. The van der Waals surface area contributed by atoms with Gasteiger partial charge in [-0.15, -0.1) is 0 Å². The molecule has 0 fully saturated rings. The van der Waals surface area contributed by atoms with Crippen LogP contribution in [0.3, 0.4) is 0 Å². The molecule has 1 aromatic rings. The van der Waals surface area contributed by atoms with Gasteiger partial charge in [-0.3, -0.25) is 0 Å². The van der Waals surface area contributed by atoms with E-state index in [4.69, 9.17) is 14.3 Å². The van der Waals surface area contributed by atoms with E-state index in [-0.39, 0.29) is 5.76 Å². The third kappa shape index (κ3) is 5.02. The number of aryl methyl sites for hydroxylation is 1. The maximum absolute atomic E-state index is 10.7. The molecule has 0 aliphatic heterocycles. The third-order valence-electron chi connectivity index (χ3n) is 2.90. The summed E-state index contributed by atoms with van der Waals surface area (Å²) in [7, 11) is 1.59. The Bertz CT molecular complexity index is 425. The lowest BCUT2D eigenvalue weighted by Gasteiger charge is -2.23. The zero-order valence-electron chi connectivity index (χ0n) is 11.5. The second kappa shape index (κ2) is 6.70. The van der Waals surface area contributed by atoms with Gasteiger partial charge in [0.25, 0.3) is 0 Å². The predicted molar refractivity (Wildman–Crippen MR) is 69.2 cm³/mol. The third-order valence-corrected chi connectivity index (χ3v) is 2.90. The average Bonchev–Trinajstić information content (AvgIpc) is 2.69. The molecule has 0 saturated carbocycles. The molecule has 0 aliphatic rings. The van der Waals surface area contributed by atoms with Crippen molar-refractivity contribution in [3.8, 4) is 0 Å². The summed E-state index contributed by atoms with van der Waals surface area (Å²) in [5.41, 5.74) is -0.0801. The number of aromatic carboxylic acids is 1. The van der Waals surface area contributed by atoms with Crippen molar-refractivity contribution in [3.63, 3.8) is 0 Å². The van der Waals surface area contributed by atoms with Crippen molar-refractivity contribution in [2.24, 2.45) is 0 Å². The zero-order chi connectivity index (χ0) is 14.5. The Hall–Kier alpha value is -1.37. The van der Waals surface area contributed by atoms with Crippen LogP contribution in [0.4, 0.5) is 0 Å². The maximum Gasteiger partial charge on any atom is 0.371 e. The molecule has 1 rings (SSSR count). The normalized spacial score (nSPS) is 14.3. The molecule has 0 aromatic carbocycles. The molecule has 1 aromatic heterocycles. The van der Waals surface area contributed by atoms with E-state index >= 15 is 0 Å². The van der Waals surface area contributed by atoms with E-state index in [1.807, 2.05) is 0 Å². The summed E-state index contributed by atoms with van der Waals surface area (Å²) in [5.74, 6) is -0.580. The number of methoxy groups -OCH3 is 1. The minimum atomic E-state index is -1.08. The van der Waals surface area contributed by atoms with Crippen LogP contribution in [0.25, 0.3) is 0 Å². The number of carboxylic acids is 1. The Kier molecular flexibility index (Phi) is 5.53. The van der Waals surface area contributed by atoms with Crippen molar-refractivity contribution in [3.05, 3.63) is 23.2 Å². The molecular weight excluding hydrogens is 250 g/mol. The van der Waals surface area contributed by atoms with Crippen LogP contribution >= 0.6 is 0 Å². The van der Waals surface area contributed by atoms with Gasteiger partial charge in [0, 0.05) is 38.8 Å². The minimum Gasteiger partial charge on any atom is -0.475 e. The van der Waals surface area contributed by atoms with Crippen molar-refractivity contribution in [1.82, 2.24) is 5.32 Å². The molecule has 0 spiro atoms. The summed E-state index contributed by atoms with van der Waals surface area (Å²) < 4.78 is 10.0. The first-order valence-corrected chi connectivity index (χ1v) is 6.10. The molecule has 1 heterocycles. The van der Waals surface area contributed by atoms with Gasteiger partial charge in [0.1, 0.15) is 5.76 Å². The second-order valence-electron chi connectivity index (χ2n) is 4.84. The molecule has 1 atom stereocenters. The van der Waals surface area contributed by atoms with Crippen LogP contribution in [-0.4, -0.2) is 42.0 Å². The van der Waals surface area contributed by atoms with Gasteiger partial charge < -0.3 is 24.7 Å². The molecule has 0 aliphatic carbocycles. The lowest BCUT2D eigenvalue weighted by Crippen LogP contribution is -2.38. The first-order valence-electron chi connectivity index (χ1n) is 6.10. The number of hydrogen-bond donors (Lipinski definition) is 3. The summed E-state index contributed by atoms with van der Waals surface area (Å²) in [6.45, 7) is 4.77. The highest BCUT2D eigenvalue weighted by molar-refractivity contribution is 5.84. The minimum absolute atomic E-state index is 0.0690. The Morgan fingerprint density at radius 2 is 2.26 bits per heavy atom. The zero-order valence-corrected chi connectivity index (χ0v) is 11.5. The SMILES string of the molecule is COCCC(C)(O)CNCc1cc(C(=O)O)oc1C. The van der Waals surface area contributed by atoms with E-state index in [9.17, 15) is 9.90 Å². The maximum atomic E-state index is 10.7. The number of furan rings is 1. The monoisotopic (exact) mass is 271 g/mol. The highest BCUT2D eigenvalue weighted by Gasteiger charge is 2.20. The van der Waals surface area contributed by atoms with Crippen LogP contribution in [0.15, 0.2) is 10.5 Å². The molecule has 108 valence electrons. The highest BCUT2D eigenvalue weighted by Crippen LogP contribution is 2.15. The van der Waals surface area contributed by atoms with Crippen LogP contribution < -0.4 is 5.32 Å². The Morgan fingerprint density at radius 3 is 2.79 bits per heavy atom. The first kappa shape index (κ1) is 15.7. The average molecular weight is 271 g/mol. The number of carbonyl (C=O) groups is 1. The van der Waals surface area contributed by atoms with Gasteiger partial charge in [-0.2, -0.15) is 0 Å². The van der Waals surface area contributed by atoms with Crippen molar-refractivity contribution in [2.45, 2.75) is 32.4 Å². The Morgan fingerprint density at radius 1 is 1.58 bits per heavy atom. The summed E-state index contributed by atoms with van der Waals surface area (Å²) in [6.07, 6.45) is 0.529. The molecule has 6 heteroatoms. The number of ether oxygens (including phenoxy) is 1. The van der Waals surface area contributed by atoms with Gasteiger partial charge in [-0.1, -0.05) is 0 Å². The molecule has 19 heavy (non-hydrogen) atoms. The van der Waals surface area contributed by atoms with Gasteiger partial charge >= 0.3 is 5.97 Å². The van der Waals surface area contributed by atoms with E-state index in [0.717, 1.165) is 5.56 Å². The van der Waals surface area contributed by atoms with Crippen LogP contribution in [0, 0.1) is 6.92 Å². The molecule has 3 N–H and O–H groups in total.